The van der Waals surface area contributed by atoms with Gasteiger partial charge >= 0.3 is 0 Å². The molecule has 5 rings (SSSR count). The van der Waals surface area contributed by atoms with E-state index in [1.807, 2.05) is 54.6 Å². The summed E-state index contributed by atoms with van der Waals surface area (Å²) in [4.78, 5) is 5.15. The maximum Gasteiger partial charge on any atom is 0.261 e. The van der Waals surface area contributed by atoms with Gasteiger partial charge in [-0.25, -0.2) is 13.4 Å². The molecule has 0 atom stereocenters. The second kappa shape index (κ2) is 9.02. The second-order valence-electron chi connectivity index (χ2n) is 8.66. The van der Waals surface area contributed by atoms with Crippen LogP contribution >= 0.6 is 0 Å². The third-order valence-electron chi connectivity index (χ3n) is 6.56. The Morgan fingerprint density at radius 3 is 2.52 bits per heavy atom. The van der Waals surface area contributed by atoms with Crippen LogP contribution in [-0.2, 0) is 42.3 Å². The normalized spacial score (nSPS) is 13.7. The van der Waals surface area contributed by atoms with Crippen molar-refractivity contribution in [1.82, 2.24) is 9.55 Å². The minimum Gasteiger partial charge on any atom is -0.328 e. The number of aryl methyl sites for hydroxylation is 5. The summed E-state index contributed by atoms with van der Waals surface area (Å²) >= 11 is 0. The largest absolute Gasteiger partial charge is 0.328 e. The first-order chi connectivity index (χ1) is 16.0. The molecule has 170 valence electrons. The third-order valence-corrected chi connectivity index (χ3v) is 7.92. The summed E-state index contributed by atoms with van der Waals surface area (Å²) < 4.78 is 31.5. The van der Waals surface area contributed by atoms with Crippen molar-refractivity contribution in [3.05, 3.63) is 89.2 Å². The fourth-order valence-electron chi connectivity index (χ4n) is 4.83. The van der Waals surface area contributed by atoms with Crippen LogP contribution in [0, 0.1) is 0 Å². The van der Waals surface area contributed by atoms with E-state index in [1.165, 1.54) is 12.0 Å². The molecule has 0 amide bonds. The molecular formula is C27H29N3O2S. The standard InChI is InChI=1S/C27H29N3O2S/c1-2-30-26-14-8-7-13-25(26)28-27(30)18-16-21-10-5-6-12-24(21)29-33(31,32)23-17-15-20-9-3-4-11-22(20)19-23/h5-8,10,12-15,17,19,29H,2-4,9,11,16,18H2,1H3. The highest BCUT2D eigenvalue weighted by Gasteiger charge is 2.19. The van der Waals surface area contributed by atoms with E-state index in [4.69, 9.17) is 4.98 Å². The number of fused-ring (bicyclic) bond motifs is 2. The number of imidazole rings is 1. The van der Waals surface area contributed by atoms with Gasteiger partial charge in [0.05, 0.1) is 21.6 Å². The van der Waals surface area contributed by atoms with Crippen LogP contribution in [0.15, 0.2) is 71.6 Å². The molecule has 6 heteroatoms. The van der Waals surface area contributed by atoms with Crippen LogP contribution in [0.5, 0.6) is 0 Å². The molecule has 0 radical (unpaired) electrons. The van der Waals surface area contributed by atoms with Crippen molar-refractivity contribution in [2.24, 2.45) is 0 Å². The Kier molecular flexibility index (Phi) is 5.94. The van der Waals surface area contributed by atoms with Crippen LogP contribution in [0.3, 0.4) is 0 Å². The molecule has 0 bridgehead atoms. The molecule has 4 aromatic rings. The summed E-state index contributed by atoms with van der Waals surface area (Å²) in [5.41, 5.74) is 6.17. The fraction of sp³-hybridized carbons (Fsp3) is 0.296. The SMILES string of the molecule is CCn1c(CCc2ccccc2NS(=O)(=O)c2ccc3c(c2)CCCC3)nc2ccccc21. The minimum atomic E-state index is -3.66. The molecule has 1 aliphatic rings. The van der Waals surface area contributed by atoms with Gasteiger partial charge in [0.1, 0.15) is 5.82 Å². The molecule has 0 saturated heterocycles. The van der Waals surface area contributed by atoms with Crippen LogP contribution in [0.2, 0.25) is 0 Å². The van der Waals surface area contributed by atoms with Gasteiger partial charge in [-0.3, -0.25) is 4.72 Å². The molecule has 0 spiro atoms. The summed E-state index contributed by atoms with van der Waals surface area (Å²) in [6.45, 7) is 2.97. The number of anilines is 1. The van der Waals surface area contributed by atoms with Crippen molar-refractivity contribution in [2.45, 2.75) is 56.9 Å². The first-order valence-corrected chi connectivity index (χ1v) is 13.2. The van der Waals surface area contributed by atoms with Gasteiger partial charge < -0.3 is 4.57 Å². The average molecular weight is 460 g/mol. The Labute approximate surface area is 195 Å². The Hall–Kier alpha value is -3.12. The van der Waals surface area contributed by atoms with Gasteiger partial charge in [0, 0.05) is 13.0 Å². The highest BCUT2D eigenvalue weighted by molar-refractivity contribution is 7.92. The molecule has 0 fully saturated rings. The lowest BCUT2D eigenvalue weighted by molar-refractivity contribution is 0.600. The monoisotopic (exact) mass is 459 g/mol. The zero-order valence-corrected chi connectivity index (χ0v) is 19.7. The van der Waals surface area contributed by atoms with E-state index >= 15 is 0 Å². The van der Waals surface area contributed by atoms with Crippen LogP contribution < -0.4 is 4.72 Å². The molecule has 3 aromatic carbocycles. The third kappa shape index (κ3) is 4.40. The lowest BCUT2D eigenvalue weighted by Gasteiger charge is -2.18. The van der Waals surface area contributed by atoms with E-state index < -0.39 is 10.0 Å². The molecule has 0 unspecified atom stereocenters. The van der Waals surface area contributed by atoms with Crippen LogP contribution in [0.1, 0.15) is 42.3 Å². The van der Waals surface area contributed by atoms with Crippen molar-refractivity contribution in [3.63, 3.8) is 0 Å². The number of sulfonamides is 1. The van der Waals surface area contributed by atoms with Gasteiger partial charge in [0.25, 0.3) is 10.0 Å². The fourth-order valence-corrected chi connectivity index (χ4v) is 5.99. The quantitative estimate of drug-likeness (QED) is 0.396. The number of nitrogens with zero attached hydrogens (tertiary/aromatic N) is 2. The van der Waals surface area contributed by atoms with Crippen LogP contribution in [0.4, 0.5) is 5.69 Å². The zero-order chi connectivity index (χ0) is 22.8. The number of hydrogen-bond acceptors (Lipinski definition) is 3. The van der Waals surface area contributed by atoms with Crippen molar-refractivity contribution in [3.8, 4) is 0 Å². The van der Waals surface area contributed by atoms with Gasteiger partial charge in [0.2, 0.25) is 0 Å². The first kappa shape index (κ1) is 21.7. The summed E-state index contributed by atoms with van der Waals surface area (Å²) in [5.74, 6) is 1.02. The zero-order valence-electron chi connectivity index (χ0n) is 18.9. The van der Waals surface area contributed by atoms with E-state index in [9.17, 15) is 8.42 Å². The van der Waals surface area contributed by atoms with Crippen molar-refractivity contribution in [2.75, 3.05) is 4.72 Å². The maximum absolute atomic E-state index is 13.2. The Bertz CT molecular complexity index is 1410. The average Bonchev–Trinajstić information content (AvgIpc) is 3.20. The Balaban J connectivity index is 1.38. The highest BCUT2D eigenvalue weighted by atomic mass is 32.2. The van der Waals surface area contributed by atoms with Crippen LogP contribution in [-0.4, -0.2) is 18.0 Å². The number of aromatic nitrogens is 2. The lowest BCUT2D eigenvalue weighted by Crippen LogP contribution is -2.16. The summed E-state index contributed by atoms with van der Waals surface area (Å²) in [6.07, 6.45) is 5.72. The van der Waals surface area contributed by atoms with E-state index in [2.05, 4.69) is 22.3 Å². The summed E-state index contributed by atoms with van der Waals surface area (Å²) in [7, 11) is -3.66. The predicted molar refractivity (Wildman–Crippen MR) is 133 cm³/mol. The lowest BCUT2D eigenvalue weighted by atomic mass is 9.92. The molecule has 0 saturated carbocycles. The van der Waals surface area contributed by atoms with E-state index in [1.54, 1.807) is 6.07 Å². The van der Waals surface area contributed by atoms with Gasteiger partial charge in [-0.05, 0) is 86.1 Å². The first-order valence-electron chi connectivity index (χ1n) is 11.7. The number of para-hydroxylation sites is 3. The molecule has 1 aromatic heterocycles. The molecule has 1 heterocycles. The number of benzene rings is 3. The Morgan fingerprint density at radius 2 is 1.67 bits per heavy atom. The predicted octanol–water partition coefficient (Wildman–Crippen LogP) is 5.52. The van der Waals surface area contributed by atoms with E-state index in [0.717, 1.165) is 60.2 Å². The van der Waals surface area contributed by atoms with Crippen molar-refractivity contribution in [1.29, 1.82) is 0 Å². The van der Waals surface area contributed by atoms with E-state index in [-0.39, 0.29) is 0 Å². The topological polar surface area (TPSA) is 64.0 Å². The highest BCUT2D eigenvalue weighted by Crippen LogP contribution is 2.27. The van der Waals surface area contributed by atoms with Crippen molar-refractivity contribution >= 4 is 26.7 Å². The summed E-state index contributed by atoms with van der Waals surface area (Å²) in [6, 6.07) is 21.4. The number of nitrogens with one attached hydrogen (secondary N) is 1. The number of hydrogen-bond donors (Lipinski definition) is 1. The molecule has 33 heavy (non-hydrogen) atoms. The maximum atomic E-state index is 13.2. The molecular weight excluding hydrogens is 430 g/mol. The second-order valence-corrected chi connectivity index (χ2v) is 10.3. The van der Waals surface area contributed by atoms with E-state index in [0.29, 0.717) is 17.0 Å². The van der Waals surface area contributed by atoms with Crippen LogP contribution in [0.25, 0.3) is 11.0 Å². The molecule has 1 aliphatic carbocycles. The van der Waals surface area contributed by atoms with Gasteiger partial charge in [0.15, 0.2) is 0 Å². The molecule has 0 aliphatic heterocycles. The van der Waals surface area contributed by atoms with Gasteiger partial charge in [-0.2, -0.15) is 0 Å². The number of rotatable bonds is 7. The Morgan fingerprint density at radius 1 is 0.909 bits per heavy atom. The summed E-state index contributed by atoms with van der Waals surface area (Å²) in [5, 5.41) is 0. The molecule has 1 N–H and O–H groups in total. The smallest absolute Gasteiger partial charge is 0.261 e. The van der Waals surface area contributed by atoms with Crippen molar-refractivity contribution < 1.29 is 8.42 Å². The van der Waals surface area contributed by atoms with Gasteiger partial charge in [-0.15, -0.1) is 0 Å². The van der Waals surface area contributed by atoms with Gasteiger partial charge in [-0.1, -0.05) is 36.4 Å². The minimum absolute atomic E-state index is 0.339. The molecule has 5 nitrogen and oxygen atoms in total.